The molecule has 2 atom stereocenters. The van der Waals surface area contributed by atoms with E-state index in [-0.39, 0.29) is 18.5 Å². The molecule has 0 fully saturated rings. The number of rotatable bonds is 7. The van der Waals surface area contributed by atoms with Gasteiger partial charge in [0, 0.05) is 30.0 Å². The molecule has 0 aliphatic carbocycles. The summed E-state index contributed by atoms with van der Waals surface area (Å²) >= 11 is 1.84. The van der Waals surface area contributed by atoms with Gasteiger partial charge >= 0.3 is 0 Å². The number of ether oxygens (including phenoxy) is 2. The monoisotopic (exact) mass is 429 g/mol. The maximum atomic E-state index is 6.39. The van der Waals surface area contributed by atoms with Gasteiger partial charge in [-0.3, -0.25) is 0 Å². The van der Waals surface area contributed by atoms with E-state index in [0.29, 0.717) is 5.92 Å². The van der Waals surface area contributed by atoms with Gasteiger partial charge in [-0.05, 0) is 48.5 Å². The molecule has 154 valence electrons. The SMILES string of the molecule is COc1ccc2c(c1)OC(c1ccccc1)CC2CN(C)CCc1cccs1.Cl. The molecule has 2 unspecified atom stereocenters. The van der Waals surface area contributed by atoms with E-state index in [1.807, 2.05) is 23.5 Å². The highest BCUT2D eigenvalue weighted by Crippen LogP contribution is 2.43. The fourth-order valence-corrected chi connectivity index (χ4v) is 4.63. The highest BCUT2D eigenvalue weighted by molar-refractivity contribution is 7.09. The van der Waals surface area contributed by atoms with Crippen LogP contribution in [0.1, 0.15) is 34.4 Å². The smallest absolute Gasteiger partial charge is 0.127 e. The minimum atomic E-state index is 0. The number of hydrogen-bond donors (Lipinski definition) is 0. The Kier molecular flexibility index (Phi) is 7.59. The van der Waals surface area contributed by atoms with Crippen LogP contribution in [-0.2, 0) is 6.42 Å². The van der Waals surface area contributed by atoms with Crippen molar-refractivity contribution >= 4 is 23.7 Å². The third kappa shape index (κ3) is 5.33. The molecular formula is C24H28ClNO2S. The fourth-order valence-electron chi connectivity index (χ4n) is 3.94. The first-order valence-corrected chi connectivity index (χ1v) is 10.7. The van der Waals surface area contributed by atoms with Crippen molar-refractivity contribution in [2.45, 2.75) is 24.9 Å². The van der Waals surface area contributed by atoms with Gasteiger partial charge in [-0.2, -0.15) is 0 Å². The molecule has 0 saturated heterocycles. The van der Waals surface area contributed by atoms with Crippen molar-refractivity contribution in [3.8, 4) is 11.5 Å². The zero-order chi connectivity index (χ0) is 19.3. The Morgan fingerprint density at radius 1 is 1.10 bits per heavy atom. The molecule has 3 nitrogen and oxygen atoms in total. The van der Waals surface area contributed by atoms with E-state index < -0.39 is 0 Å². The maximum absolute atomic E-state index is 6.39. The Hall–Kier alpha value is -2.01. The average Bonchev–Trinajstić information content (AvgIpc) is 3.26. The van der Waals surface area contributed by atoms with Crippen LogP contribution >= 0.6 is 23.7 Å². The highest BCUT2D eigenvalue weighted by atomic mass is 35.5. The first-order chi connectivity index (χ1) is 13.7. The molecule has 2 heterocycles. The van der Waals surface area contributed by atoms with Gasteiger partial charge in [-0.1, -0.05) is 42.5 Å². The summed E-state index contributed by atoms with van der Waals surface area (Å²) < 4.78 is 11.8. The molecule has 0 N–H and O–H groups in total. The van der Waals surface area contributed by atoms with Crippen LogP contribution in [-0.4, -0.2) is 32.1 Å². The molecule has 1 aliphatic rings. The second kappa shape index (κ2) is 10.1. The van der Waals surface area contributed by atoms with Crippen molar-refractivity contribution in [1.29, 1.82) is 0 Å². The third-order valence-electron chi connectivity index (χ3n) is 5.45. The molecule has 0 saturated carbocycles. The van der Waals surface area contributed by atoms with Gasteiger partial charge in [0.05, 0.1) is 7.11 Å². The molecule has 29 heavy (non-hydrogen) atoms. The standard InChI is InChI=1S/C24H27NO2S.ClH/c1-25(13-12-21-9-6-14-28-21)17-19-15-23(18-7-4-3-5-8-18)27-24-16-20(26-2)10-11-22(19)24;/h3-11,14,16,19,23H,12-13,15,17H2,1-2H3;1H. The molecule has 4 rings (SSSR count). The van der Waals surface area contributed by atoms with Crippen molar-refractivity contribution in [3.63, 3.8) is 0 Å². The summed E-state index contributed by atoms with van der Waals surface area (Å²) in [4.78, 5) is 3.90. The molecule has 3 aromatic rings. The average molecular weight is 430 g/mol. The van der Waals surface area contributed by atoms with E-state index in [0.717, 1.165) is 37.4 Å². The highest BCUT2D eigenvalue weighted by Gasteiger charge is 2.30. The van der Waals surface area contributed by atoms with Gasteiger partial charge in [-0.25, -0.2) is 0 Å². The summed E-state index contributed by atoms with van der Waals surface area (Å²) in [5, 5.41) is 2.15. The lowest BCUT2D eigenvalue weighted by Gasteiger charge is -2.34. The molecule has 0 amide bonds. The number of methoxy groups -OCH3 is 1. The number of thiophene rings is 1. The first-order valence-electron chi connectivity index (χ1n) is 9.83. The summed E-state index contributed by atoms with van der Waals surface area (Å²) in [7, 11) is 3.93. The Bertz CT molecular complexity index is 885. The number of benzene rings is 2. The van der Waals surface area contributed by atoms with Crippen molar-refractivity contribution < 1.29 is 9.47 Å². The van der Waals surface area contributed by atoms with Crippen molar-refractivity contribution in [2.75, 3.05) is 27.2 Å². The van der Waals surface area contributed by atoms with Crippen molar-refractivity contribution in [1.82, 2.24) is 4.90 Å². The minimum absolute atomic E-state index is 0. The quantitative estimate of drug-likeness (QED) is 0.462. The van der Waals surface area contributed by atoms with Gasteiger partial charge in [0.15, 0.2) is 0 Å². The Labute approximate surface area is 183 Å². The van der Waals surface area contributed by atoms with Crippen molar-refractivity contribution in [2.24, 2.45) is 0 Å². The van der Waals surface area contributed by atoms with Crippen LogP contribution in [0.5, 0.6) is 11.5 Å². The molecule has 0 radical (unpaired) electrons. The topological polar surface area (TPSA) is 21.7 Å². The summed E-state index contributed by atoms with van der Waals surface area (Å²) in [6, 6.07) is 21.1. The number of fused-ring (bicyclic) bond motifs is 1. The molecule has 5 heteroatoms. The van der Waals surface area contributed by atoms with Crippen LogP contribution in [0.25, 0.3) is 0 Å². The zero-order valence-electron chi connectivity index (χ0n) is 16.9. The van der Waals surface area contributed by atoms with Gasteiger partial charge in [0.2, 0.25) is 0 Å². The van der Waals surface area contributed by atoms with Crippen LogP contribution in [0, 0.1) is 0 Å². The van der Waals surface area contributed by atoms with E-state index >= 15 is 0 Å². The molecule has 0 bridgehead atoms. The van der Waals surface area contributed by atoms with Crippen LogP contribution in [0.4, 0.5) is 0 Å². The lowest BCUT2D eigenvalue weighted by Crippen LogP contribution is -2.30. The number of likely N-dealkylation sites (N-methyl/N-ethyl adjacent to an activating group) is 1. The summed E-state index contributed by atoms with van der Waals surface area (Å²) in [6.45, 7) is 2.09. The van der Waals surface area contributed by atoms with E-state index in [1.165, 1.54) is 16.0 Å². The number of nitrogens with zero attached hydrogens (tertiary/aromatic N) is 1. The third-order valence-corrected chi connectivity index (χ3v) is 6.39. The van der Waals surface area contributed by atoms with E-state index in [9.17, 15) is 0 Å². The first kappa shape index (κ1) is 21.7. The lowest BCUT2D eigenvalue weighted by atomic mass is 9.87. The maximum Gasteiger partial charge on any atom is 0.127 e. The molecule has 1 aromatic heterocycles. The fraction of sp³-hybridized carbons (Fsp3) is 0.333. The predicted octanol–water partition coefficient (Wildman–Crippen LogP) is 5.96. The van der Waals surface area contributed by atoms with Crippen LogP contribution < -0.4 is 9.47 Å². The Morgan fingerprint density at radius 2 is 1.93 bits per heavy atom. The lowest BCUT2D eigenvalue weighted by molar-refractivity contribution is 0.147. The number of hydrogen-bond acceptors (Lipinski definition) is 4. The minimum Gasteiger partial charge on any atom is -0.497 e. The predicted molar refractivity (Wildman–Crippen MR) is 123 cm³/mol. The zero-order valence-corrected chi connectivity index (χ0v) is 18.5. The van der Waals surface area contributed by atoms with Gasteiger partial charge in [0.1, 0.15) is 17.6 Å². The largest absolute Gasteiger partial charge is 0.497 e. The number of halogens is 1. The van der Waals surface area contributed by atoms with Gasteiger partial charge in [0.25, 0.3) is 0 Å². The molecule has 0 spiro atoms. The second-order valence-corrected chi connectivity index (χ2v) is 8.48. The Morgan fingerprint density at radius 3 is 2.66 bits per heavy atom. The van der Waals surface area contributed by atoms with Gasteiger partial charge < -0.3 is 14.4 Å². The van der Waals surface area contributed by atoms with E-state index in [2.05, 4.69) is 65.9 Å². The molecular weight excluding hydrogens is 402 g/mol. The summed E-state index contributed by atoms with van der Waals surface area (Å²) in [6.07, 6.45) is 2.18. The summed E-state index contributed by atoms with van der Waals surface area (Å²) in [5.41, 5.74) is 2.53. The molecule has 2 aromatic carbocycles. The molecule has 1 aliphatic heterocycles. The van der Waals surface area contributed by atoms with Gasteiger partial charge in [-0.15, -0.1) is 23.7 Å². The van der Waals surface area contributed by atoms with Crippen LogP contribution in [0.3, 0.4) is 0 Å². The van der Waals surface area contributed by atoms with E-state index in [1.54, 1.807) is 7.11 Å². The Balaban J connectivity index is 0.00000240. The van der Waals surface area contributed by atoms with Crippen LogP contribution in [0.15, 0.2) is 66.0 Å². The van der Waals surface area contributed by atoms with Crippen molar-refractivity contribution in [3.05, 3.63) is 82.0 Å². The van der Waals surface area contributed by atoms with Crippen LogP contribution in [0.2, 0.25) is 0 Å². The van der Waals surface area contributed by atoms with E-state index in [4.69, 9.17) is 9.47 Å². The summed E-state index contributed by atoms with van der Waals surface area (Å²) in [5.74, 6) is 2.24. The normalized spacial score (nSPS) is 17.9. The second-order valence-electron chi connectivity index (χ2n) is 7.45.